The zero-order valence-corrected chi connectivity index (χ0v) is 20.7. The number of pyridine rings is 1. The van der Waals surface area contributed by atoms with Crippen LogP contribution < -0.4 is 9.50 Å². The van der Waals surface area contributed by atoms with E-state index in [9.17, 15) is 26.4 Å². The highest BCUT2D eigenvalue weighted by Gasteiger charge is 2.32. The third kappa shape index (κ3) is 5.97. The van der Waals surface area contributed by atoms with Crippen LogP contribution in [0, 0.1) is 0 Å². The number of hydrogen-bond donors (Lipinski definition) is 1. The quantitative estimate of drug-likeness (QED) is 0.230. The predicted octanol–water partition coefficient (Wildman–Crippen LogP) is 5.42. The molecule has 0 unspecified atom stereocenters. The van der Waals surface area contributed by atoms with E-state index < -0.39 is 32.7 Å². The summed E-state index contributed by atoms with van der Waals surface area (Å²) in [7, 11) is -4.58. The number of nitrogens with one attached hydrogen (secondary N) is 1. The summed E-state index contributed by atoms with van der Waals surface area (Å²) in [6.45, 7) is 1.70. The summed E-state index contributed by atoms with van der Waals surface area (Å²) in [5.41, 5.74) is 0.108. The van der Waals surface area contributed by atoms with Crippen molar-refractivity contribution in [1.82, 2.24) is 9.38 Å². The second-order valence-corrected chi connectivity index (χ2v) is 9.62. The van der Waals surface area contributed by atoms with Crippen LogP contribution in [0.5, 0.6) is 5.75 Å². The number of ether oxygens (including phenoxy) is 1. The topological polar surface area (TPSA) is 99.0 Å². The Morgan fingerprint density at radius 2 is 1.86 bits per heavy atom. The summed E-state index contributed by atoms with van der Waals surface area (Å²) >= 11 is 6.13. The molecule has 13 heteroatoms. The van der Waals surface area contributed by atoms with Gasteiger partial charge in [0.25, 0.3) is 0 Å². The fourth-order valence-corrected chi connectivity index (χ4v) is 4.59. The largest absolute Gasteiger partial charge is 0.465 e. The number of fused-ring (bicyclic) bond motifs is 1. The number of aromatic nitrogens is 2. The number of halogens is 4. The minimum Gasteiger partial charge on any atom is -0.465 e. The van der Waals surface area contributed by atoms with Crippen LogP contribution in [0.15, 0.2) is 71.8 Å². The van der Waals surface area contributed by atoms with Gasteiger partial charge >= 0.3 is 22.3 Å². The summed E-state index contributed by atoms with van der Waals surface area (Å²) in [6, 6.07) is 12.4. The van der Waals surface area contributed by atoms with Gasteiger partial charge in [-0.3, -0.25) is 9.20 Å². The van der Waals surface area contributed by atoms with Crippen molar-refractivity contribution in [3.63, 3.8) is 0 Å². The normalized spacial score (nSPS) is 11.9. The van der Waals surface area contributed by atoms with Crippen molar-refractivity contribution in [2.75, 3.05) is 18.5 Å². The number of benzene rings is 2. The van der Waals surface area contributed by atoms with Crippen LogP contribution >= 0.6 is 11.6 Å². The van der Waals surface area contributed by atoms with Crippen molar-refractivity contribution in [2.45, 2.75) is 18.0 Å². The van der Waals surface area contributed by atoms with Crippen molar-refractivity contribution in [2.24, 2.45) is 0 Å². The molecule has 4 aromatic rings. The molecule has 0 saturated heterocycles. The van der Waals surface area contributed by atoms with E-state index in [0.29, 0.717) is 33.8 Å². The molecule has 0 saturated carbocycles. The van der Waals surface area contributed by atoms with Crippen molar-refractivity contribution in [3.8, 4) is 17.0 Å². The lowest BCUT2D eigenvalue weighted by molar-refractivity contribution is -0.141. The molecule has 0 fully saturated rings. The predicted molar refractivity (Wildman–Crippen MR) is 130 cm³/mol. The Morgan fingerprint density at radius 3 is 2.59 bits per heavy atom. The molecule has 0 radical (unpaired) electrons. The van der Waals surface area contributed by atoms with Gasteiger partial charge in [-0.05, 0) is 49.4 Å². The van der Waals surface area contributed by atoms with Crippen LogP contribution in [0.25, 0.3) is 16.9 Å². The molecule has 0 aliphatic carbocycles. The summed E-state index contributed by atoms with van der Waals surface area (Å²) in [6.07, 6.45) is -3.14. The van der Waals surface area contributed by atoms with E-state index in [-0.39, 0.29) is 18.9 Å². The maximum atomic E-state index is 13.0. The third-order valence-corrected chi connectivity index (χ3v) is 6.52. The zero-order chi connectivity index (χ0) is 26.8. The summed E-state index contributed by atoms with van der Waals surface area (Å²) in [4.78, 5) is 15.8. The molecular weight excluding hydrogens is 535 g/mol. The molecule has 0 amide bonds. The molecule has 1 N–H and O–H groups in total. The van der Waals surface area contributed by atoms with E-state index >= 15 is 0 Å². The van der Waals surface area contributed by atoms with E-state index in [2.05, 4.69) is 10.3 Å². The highest BCUT2D eigenvalue weighted by molar-refractivity contribution is 7.87. The smallest absolute Gasteiger partial charge is 0.416 e. The lowest BCUT2D eigenvalue weighted by Crippen LogP contribution is -2.17. The van der Waals surface area contributed by atoms with Gasteiger partial charge in [-0.25, -0.2) is 4.98 Å². The standard InChI is InChI=1S/C24H19ClF3N3O5S/c1-2-35-21(32)13-29-23-22(30-20-10-9-17(25)14-31(20)23)15-5-3-7-18(11-15)36-37(33,34)19-8-4-6-16(12-19)24(26,27)28/h3-12,14,29H,2,13H2,1H3. The van der Waals surface area contributed by atoms with Gasteiger partial charge in [-0.1, -0.05) is 29.8 Å². The molecule has 194 valence electrons. The fourth-order valence-electron chi connectivity index (χ4n) is 3.45. The number of carbonyl (C=O) groups is 1. The number of rotatable bonds is 8. The molecule has 0 atom stereocenters. The van der Waals surface area contributed by atoms with Gasteiger partial charge in [0.1, 0.15) is 34.3 Å². The maximum absolute atomic E-state index is 13.0. The monoisotopic (exact) mass is 553 g/mol. The second-order valence-electron chi connectivity index (χ2n) is 7.63. The van der Waals surface area contributed by atoms with E-state index in [1.165, 1.54) is 18.2 Å². The molecule has 2 heterocycles. The molecule has 37 heavy (non-hydrogen) atoms. The van der Waals surface area contributed by atoms with Crippen LogP contribution in [-0.2, 0) is 25.8 Å². The molecule has 0 aliphatic rings. The molecular formula is C24H19ClF3N3O5S. The zero-order valence-electron chi connectivity index (χ0n) is 19.1. The van der Waals surface area contributed by atoms with Crippen LogP contribution in [0.1, 0.15) is 12.5 Å². The first-order valence-corrected chi connectivity index (χ1v) is 12.6. The van der Waals surface area contributed by atoms with Crippen molar-refractivity contribution in [3.05, 3.63) is 77.4 Å². The minimum atomic E-state index is -4.72. The van der Waals surface area contributed by atoms with Crippen LogP contribution in [0.2, 0.25) is 5.02 Å². The van der Waals surface area contributed by atoms with E-state index in [1.54, 1.807) is 35.7 Å². The fraction of sp³-hybridized carbons (Fsp3) is 0.167. The van der Waals surface area contributed by atoms with Crippen molar-refractivity contribution in [1.29, 1.82) is 0 Å². The number of hydrogen-bond acceptors (Lipinski definition) is 7. The average Bonchev–Trinajstić information content (AvgIpc) is 3.20. The molecule has 2 aromatic heterocycles. The molecule has 0 spiro atoms. The maximum Gasteiger partial charge on any atom is 0.416 e. The molecule has 0 aliphatic heterocycles. The van der Waals surface area contributed by atoms with Crippen LogP contribution in [-0.4, -0.2) is 36.9 Å². The lowest BCUT2D eigenvalue weighted by Gasteiger charge is -2.11. The average molecular weight is 554 g/mol. The van der Waals surface area contributed by atoms with E-state index in [0.717, 1.165) is 18.2 Å². The first-order chi connectivity index (χ1) is 17.5. The van der Waals surface area contributed by atoms with Crippen LogP contribution in [0.4, 0.5) is 19.0 Å². The highest BCUT2D eigenvalue weighted by Crippen LogP contribution is 2.34. The van der Waals surface area contributed by atoms with E-state index in [4.69, 9.17) is 20.5 Å². The molecule has 0 bridgehead atoms. The van der Waals surface area contributed by atoms with Gasteiger partial charge in [0.05, 0.1) is 17.2 Å². The van der Waals surface area contributed by atoms with Gasteiger partial charge in [0.15, 0.2) is 0 Å². The first kappa shape index (κ1) is 26.3. The number of nitrogens with zero attached hydrogens (tertiary/aromatic N) is 2. The van der Waals surface area contributed by atoms with Gasteiger partial charge in [-0.15, -0.1) is 0 Å². The Bertz CT molecular complexity index is 1570. The number of alkyl halides is 3. The van der Waals surface area contributed by atoms with Gasteiger partial charge < -0.3 is 14.2 Å². The molecule has 4 rings (SSSR count). The second kappa shape index (κ2) is 10.3. The lowest BCUT2D eigenvalue weighted by atomic mass is 10.1. The Kier molecular flexibility index (Phi) is 7.32. The Labute approximate surface area is 214 Å². The number of anilines is 1. The number of esters is 1. The van der Waals surface area contributed by atoms with Crippen LogP contribution in [0.3, 0.4) is 0 Å². The molecule has 2 aromatic carbocycles. The third-order valence-electron chi connectivity index (χ3n) is 5.05. The number of imidazole rings is 1. The summed E-state index contributed by atoms with van der Waals surface area (Å²) in [5, 5.41) is 3.36. The first-order valence-electron chi connectivity index (χ1n) is 10.8. The summed E-state index contributed by atoms with van der Waals surface area (Å²) < 4.78 is 76.3. The Hall–Kier alpha value is -3.77. The van der Waals surface area contributed by atoms with Crippen molar-refractivity contribution < 1.29 is 35.3 Å². The van der Waals surface area contributed by atoms with Gasteiger partial charge in [0.2, 0.25) is 0 Å². The van der Waals surface area contributed by atoms with Gasteiger partial charge in [-0.2, -0.15) is 21.6 Å². The van der Waals surface area contributed by atoms with Gasteiger partial charge in [0, 0.05) is 11.8 Å². The summed E-state index contributed by atoms with van der Waals surface area (Å²) in [5.74, 6) is -0.278. The highest BCUT2D eigenvalue weighted by atomic mass is 35.5. The SMILES string of the molecule is CCOC(=O)CNc1c(-c2cccc(OS(=O)(=O)c3cccc(C(F)(F)F)c3)c2)nc2ccc(Cl)cn12. The Balaban J connectivity index is 1.70. The van der Waals surface area contributed by atoms with E-state index in [1.807, 2.05) is 0 Å². The Morgan fingerprint density at radius 1 is 1.11 bits per heavy atom. The molecule has 8 nitrogen and oxygen atoms in total. The van der Waals surface area contributed by atoms with Crippen molar-refractivity contribution >= 4 is 39.2 Å². The minimum absolute atomic E-state index is 0.152. The number of carbonyl (C=O) groups excluding carboxylic acids is 1.